The maximum atomic E-state index is 11.9. The minimum Gasteiger partial charge on any atom is -0.345 e. The second-order valence-corrected chi connectivity index (χ2v) is 6.27. The largest absolute Gasteiger partial charge is 0.345 e. The first-order valence-corrected chi connectivity index (χ1v) is 7.62. The van der Waals surface area contributed by atoms with Gasteiger partial charge < -0.3 is 15.1 Å². The molecule has 0 radical (unpaired) electrons. The van der Waals surface area contributed by atoms with Gasteiger partial charge in [-0.1, -0.05) is 13.8 Å². The highest BCUT2D eigenvalue weighted by molar-refractivity contribution is 5.82. The zero-order valence-corrected chi connectivity index (χ0v) is 13.8. The fourth-order valence-corrected chi connectivity index (χ4v) is 2.72. The van der Waals surface area contributed by atoms with E-state index in [1.165, 1.54) is 5.56 Å². The quantitative estimate of drug-likeness (QED) is 0.870. The average Bonchev–Trinajstić information content (AvgIpc) is 2.67. The van der Waals surface area contributed by atoms with Crippen LogP contribution in [0.2, 0.25) is 0 Å². The van der Waals surface area contributed by atoms with E-state index in [0.717, 1.165) is 37.7 Å². The van der Waals surface area contributed by atoms with Crippen LogP contribution in [0.15, 0.2) is 0 Å². The van der Waals surface area contributed by atoms with Gasteiger partial charge in [-0.2, -0.15) is 5.10 Å². The molecule has 1 fully saturated rings. The number of piperazine rings is 1. The van der Waals surface area contributed by atoms with E-state index >= 15 is 0 Å². The molecule has 0 atom stereocenters. The monoisotopic (exact) mass is 293 g/mol. The van der Waals surface area contributed by atoms with Crippen molar-refractivity contribution in [1.82, 2.24) is 20.0 Å². The van der Waals surface area contributed by atoms with E-state index in [4.69, 9.17) is 0 Å². The lowest BCUT2D eigenvalue weighted by molar-refractivity contribution is -0.129. The van der Waals surface area contributed by atoms with Gasteiger partial charge in [-0.05, 0) is 19.4 Å². The fraction of sp³-hybridized carbons (Fsp3) is 0.733. The number of aryl methyl sites for hydroxylation is 2. The zero-order chi connectivity index (χ0) is 15.6. The molecule has 0 bridgehead atoms. The molecule has 0 unspecified atom stereocenters. The summed E-state index contributed by atoms with van der Waals surface area (Å²) >= 11 is 0. The molecule has 1 aromatic rings. The Balaban J connectivity index is 2.16. The third-order valence-electron chi connectivity index (χ3n) is 3.92. The van der Waals surface area contributed by atoms with E-state index < -0.39 is 0 Å². The van der Waals surface area contributed by atoms with Crippen LogP contribution in [0, 0.1) is 12.8 Å². The summed E-state index contributed by atoms with van der Waals surface area (Å²) in [6, 6.07) is 0. The number of hydrogen-bond donors (Lipinski definition) is 1. The molecule has 1 amide bonds. The minimum atomic E-state index is 0.168. The van der Waals surface area contributed by atoms with Crippen molar-refractivity contribution < 1.29 is 4.79 Å². The summed E-state index contributed by atoms with van der Waals surface area (Å²) < 4.78 is 1.90. The van der Waals surface area contributed by atoms with Gasteiger partial charge in [0.25, 0.3) is 0 Å². The molecule has 1 aliphatic rings. The Kier molecular flexibility index (Phi) is 4.88. The molecule has 1 aromatic heterocycles. The van der Waals surface area contributed by atoms with Gasteiger partial charge in [0.1, 0.15) is 5.82 Å². The molecule has 1 N–H and O–H groups in total. The number of carbonyl (C=O) groups excluding carboxylic acids is 1. The van der Waals surface area contributed by atoms with Crippen LogP contribution in [0.1, 0.15) is 25.1 Å². The van der Waals surface area contributed by atoms with Crippen molar-refractivity contribution in [1.29, 1.82) is 0 Å². The van der Waals surface area contributed by atoms with Crippen LogP contribution in [0.3, 0.4) is 0 Å². The average molecular weight is 293 g/mol. The van der Waals surface area contributed by atoms with Gasteiger partial charge in [0.15, 0.2) is 0 Å². The van der Waals surface area contributed by atoms with E-state index in [1.807, 2.05) is 25.7 Å². The fourth-order valence-electron chi connectivity index (χ4n) is 2.72. The van der Waals surface area contributed by atoms with Crippen LogP contribution in [0.5, 0.6) is 0 Å². The number of rotatable bonds is 5. The smallest absolute Gasteiger partial charge is 0.241 e. The van der Waals surface area contributed by atoms with Crippen molar-refractivity contribution in [2.45, 2.75) is 27.3 Å². The number of anilines is 1. The number of aromatic nitrogens is 2. The van der Waals surface area contributed by atoms with E-state index in [0.29, 0.717) is 12.5 Å². The number of carbonyl (C=O) groups is 1. The summed E-state index contributed by atoms with van der Waals surface area (Å²) in [7, 11) is 3.82. The summed E-state index contributed by atoms with van der Waals surface area (Å²) in [6.07, 6.45) is 0. The van der Waals surface area contributed by atoms with Crippen molar-refractivity contribution in [3.63, 3.8) is 0 Å². The van der Waals surface area contributed by atoms with Gasteiger partial charge in [0, 0.05) is 39.3 Å². The predicted molar refractivity (Wildman–Crippen MR) is 84.3 cm³/mol. The third-order valence-corrected chi connectivity index (χ3v) is 3.92. The van der Waals surface area contributed by atoms with Crippen molar-refractivity contribution >= 4 is 11.7 Å². The SMILES string of the molecule is Cc1nn(C)c(N2CCN(C)C(=O)C2)c1CNCC(C)C. The lowest BCUT2D eigenvalue weighted by Crippen LogP contribution is -2.49. The molecular weight excluding hydrogens is 266 g/mol. The highest BCUT2D eigenvalue weighted by Gasteiger charge is 2.26. The molecule has 0 spiro atoms. The van der Waals surface area contributed by atoms with Crippen LogP contribution >= 0.6 is 0 Å². The molecule has 6 heteroatoms. The minimum absolute atomic E-state index is 0.168. The van der Waals surface area contributed by atoms with Crippen molar-refractivity contribution in [2.24, 2.45) is 13.0 Å². The molecule has 118 valence electrons. The lowest BCUT2D eigenvalue weighted by atomic mass is 10.2. The Morgan fingerprint density at radius 2 is 2.00 bits per heavy atom. The molecule has 6 nitrogen and oxygen atoms in total. The summed E-state index contributed by atoms with van der Waals surface area (Å²) in [6.45, 7) is 10.3. The third kappa shape index (κ3) is 3.56. The number of nitrogens with zero attached hydrogens (tertiary/aromatic N) is 4. The Bertz CT molecular complexity index is 508. The second-order valence-electron chi connectivity index (χ2n) is 6.27. The maximum absolute atomic E-state index is 11.9. The maximum Gasteiger partial charge on any atom is 0.241 e. The van der Waals surface area contributed by atoms with E-state index in [2.05, 4.69) is 29.2 Å². The van der Waals surface area contributed by atoms with Gasteiger partial charge in [-0.3, -0.25) is 9.48 Å². The molecule has 0 aromatic carbocycles. The highest BCUT2D eigenvalue weighted by Crippen LogP contribution is 2.24. The van der Waals surface area contributed by atoms with Gasteiger partial charge >= 0.3 is 0 Å². The first-order valence-electron chi connectivity index (χ1n) is 7.62. The number of amides is 1. The van der Waals surface area contributed by atoms with E-state index in [1.54, 1.807) is 4.90 Å². The first-order chi connectivity index (χ1) is 9.90. The van der Waals surface area contributed by atoms with Gasteiger partial charge in [-0.15, -0.1) is 0 Å². The van der Waals surface area contributed by atoms with E-state index in [-0.39, 0.29) is 5.91 Å². The van der Waals surface area contributed by atoms with Gasteiger partial charge in [-0.25, -0.2) is 0 Å². The van der Waals surface area contributed by atoms with E-state index in [9.17, 15) is 4.79 Å². The summed E-state index contributed by atoms with van der Waals surface area (Å²) in [4.78, 5) is 15.9. The van der Waals surface area contributed by atoms with Crippen LogP contribution in [0.4, 0.5) is 5.82 Å². The standard InChI is InChI=1S/C15H27N5O/c1-11(2)8-16-9-13-12(3)17-19(5)15(13)20-7-6-18(4)14(21)10-20/h11,16H,6-10H2,1-5H3. The Hall–Kier alpha value is -1.56. The van der Waals surface area contributed by atoms with Crippen LogP contribution in [-0.2, 0) is 18.4 Å². The summed E-state index contributed by atoms with van der Waals surface area (Å²) in [5.74, 6) is 1.86. The number of hydrogen-bond acceptors (Lipinski definition) is 4. The highest BCUT2D eigenvalue weighted by atomic mass is 16.2. The normalized spacial score (nSPS) is 16.2. The molecular formula is C15H27N5O. The van der Waals surface area contributed by atoms with Crippen LogP contribution < -0.4 is 10.2 Å². The van der Waals surface area contributed by atoms with Crippen LogP contribution in [0.25, 0.3) is 0 Å². The molecule has 21 heavy (non-hydrogen) atoms. The number of nitrogens with one attached hydrogen (secondary N) is 1. The summed E-state index contributed by atoms with van der Waals surface area (Å²) in [5.41, 5.74) is 2.24. The van der Waals surface area contributed by atoms with Crippen molar-refractivity contribution in [3.05, 3.63) is 11.3 Å². The molecule has 1 saturated heterocycles. The predicted octanol–water partition coefficient (Wildman–Crippen LogP) is 0.753. The van der Waals surface area contributed by atoms with Crippen molar-refractivity contribution in [3.8, 4) is 0 Å². The molecule has 0 saturated carbocycles. The first kappa shape index (κ1) is 15.8. The Morgan fingerprint density at radius 3 is 2.62 bits per heavy atom. The van der Waals surface area contributed by atoms with Crippen LogP contribution in [-0.4, -0.2) is 53.8 Å². The van der Waals surface area contributed by atoms with Gasteiger partial charge in [0.2, 0.25) is 5.91 Å². The molecule has 1 aliphatic heterocycles. The molecule has 0 aliphatic carbocycles. The zero-order valence-electron chi connectivity index (χ0n) is 13.8. The topological polar surface area (TPSA) is 53.4 Å². The summed E-state index contributed by atoms with van der Waals surface area (Å²) in [5, 5.41) is 8.02. The lowest BCUT2D eigenvalue weighted by Gasteiger charge is -2.34. The number of likely N-dealkylation sites (N-methyl/N-ethyl adjacent to an activating group) is 1. The Labute approximate surface area is 127 Å². The molecule has 2 rings (SSSR count). The van der Waals surface area contributed by atoms with Gasteiger partial charge in [0.05, 0.1) is 12.2 Å². The molecule has 2 heterocycles. The Morgan fingerprint density at radius 1 is 1.29 bits per heavy atom. The second kappa shape index (κ2) is 6.47. The van der Waals surface area contributed by atoms with Crippen molar-refractivity contribution in [2.75, 3.05) is 38.1 Å².